The third kappa shape index (κ3) is 7.26. The molecule has 0 radical (unpaired) electrons. The number of nitrogens with one attached hydrogen (secondary N) is 1. The molecule has 1 amide bonds. The second-order valence-corrected chi connectivity index (χ2v) is 12.6. The number of hydrogen-bond acceptors (Lipinski definition) is 5. The van der Waals surface area contributed by atoms with Crippen LogP contribution >= 0.6 is 11.6 Å². The lowest BCUT2D eigenvalue weighted by Crippen LogP contribution is -2.35. The highest BCUT2D eigenvalue weighted by Crippen LogP contribution is 2.30. The first-order valence-electron chi connectivity index (χ1n) is 13.8. The third-order valence-electron chi connectivity index (χ3n) is 7.26. The van der Waals surface area contributed by atoms with Crippen LogP contribution in [0.3, 0.4) is 0 Å². The van der Waals surface area contributed by atoms with Gasteiger partial charge in [0.25, 0.3) is 15.9 Å². The number of hydrogen-bond donors (Lipinski definition) is 1. The maximum atomic E-state index is 14.0. The average molecular weight is 601 g/mol. The van der Waals surface area contributed by atoms with Crippen molar-refractivity contribution in [3.63, 3.8) is 0 Å². The molecule has 0 aliphatic carbocycles. The van der Waals surface area contributed by atoms with Gasteiger partial charge >= 0.3 is 0 Å². The minimum Gasteiger partial charge on any atom is -0.298 e. The van der Waals surface area contributed by atoms with Gasteiger partial charge in [-0.1, -0.05) is 83.9 Å². The topological polar surface area (TPSA) is 82.1 Å². The first-order valence-corrected chi connectivity index (χ1v) is 15.7. The number of amides is 1. The number of carbonyl (C=O) groups excluding carboxylic acids is 1. The summed E-state index contributed by atoms with van der Waals surface area (Å²) in [7, 11) is -4.02. The van der Waals surface area contributed by atoms with E-state index in [0.29, 0.717) is 5.02 Å². The Morgan fingerprint density at radius 2 is 1.50 bits per heavy atom. The maximum absolute atomic E-state index is 14.0. The fourth-order valence-corrected chi connectivity index (χ4v) is 6.49. The summed E-state index contributed by atoms with van der Waals surface area (Å²) in [6.07, 6.45) is 1.50. The summed E-state index contributed by atoms with van der Waals surface area (Å²) in [6.45, 7) is 4.50. The molecule has 0 saturated carbocycles. The van der Waals surface area contributed by atoms with Crippen LogP contribution in [0.25, 0.3) is 0 Å². The molecule has 1 heterocycles. The number of anilines is 1. The second-order valence-electron chi connectivity index (χ2n) is 10.3. The number of halogens is 1. The Morgan fingerprint density at radius 1 is 0.857 bits per heavy atom. The average Bonchev–Trinajstić information content (AvgIpc) is 3.01. The number of aryl methyl sites for hydroxylation is 1. The number of hydrazone groups is 1. The molecule has 0 aromatic heterocycles. The Balaban J connectivity index is 1.36. The monoisotopic (exact) mass is 600 g/mol. The molecule has 0 bridgehead atoms. The van der Waals surface area contributed by atoms with Gasteiger partial charge in [-0.15, -0.1) is 0 Å². The van der Waals surface area contributed by atoms with E-state index >= 15 is 0 Å². The fraction of sp³-hybridized carbons (Fsp3) is 0.212. The zero-order valence-electron chi connectivity index (χ0n) is 23.4. The zero-order valence-corrected chi connectivity index (χ0v) is 25.0. The fourth-order valence-electron chi connectivity index (χ4n) is 4.89. The van der Waals surface area contributed by atoms with E-state index in [0.717, 1.165) is 49.3 Å². The number of para-hydroxylation sites is 1. The van der Waals surface area contributed by atoms with Crippen molar-refractivity contribution in [1.82, 2.24) is 10.3 Å². The summed E-state index contributed by atoms with van der Waals surface area (Å²) in [5.41, 5.74) is 7.03. The molecule has 42 heavy (non-hydrogen) atoms. The molecule has 1 N–H and O–H groups in total. The van der Waals surface area contributed by atoms with Gasteiger partial charge in [-0.25, -0.2) is 13.8 Å². The van der Waals surface area contributed by atoms with Crippen molar-refractivity contribution in [3.05, 3.63) is 130 Å². The van der Waals surface area contributed by atoms with Crippen LogP contribution in [0.2, 0.25) is 5.02 Å². The number of piperidine rings is 1. The van der Waals surface area contributed by atoms with Crippen molar-refractivity contribution in [3.8, 4) is 0 Å². The van der Waals surface area contributed by atoms with Gasteiger partial charge in [0.2, 0.25) is 0 Å². The van der Waals surface area contributed by atoms with Crippen LogP contribution in [0, 0.1) is 6.92 Å². The summed E-state index contributed by atoms with van der Waals surface area (Å²) >= 11 is 6.08. The van der Waals surface area contributed by atoms with E-state index in [1.54, 1.807) is 72.8 Å². The Labute approximate surface area is 252 Å². The van der Waals surface area contributed by atoms with Crippen molar-refractivity contribution in [2.24, 2.45) is 5.10 Å². The van der Waals surface area contributed by atoms with E-state index in [-0.39, 0.29) is 22.7 Å². The summed E-state index contributed by atoms with van der Waals surface area (Å²) in [5.74, 6) is -0.468. The highest BCUT2D eigenvalue weighted by Gasteiger charge is 2.29. The highest BCUT2D eigenvalue weighted by atomic mass is 35.5. The van der Waals surface area contributed by atoms with Crippen LogP contribution in [0.5, 0.6) is 0 Å². The minimum atomic E-state index is -4.02. The van der Waals surface area contributed by atoms with E-state index in [9.17, 15) is 13.2 Å². The summed E-state index contributed by atoms with van der Waals surface area (Å²) in [5, 5.41) is 4.99. The Kier molecular flexibility index (Phi) is 9.37. The molecule has 9 heteroatoms. The zero-order chi connectivity index (χ0) is 29.5. The van der Waals surface area contributed by atoms with Gasteiger partial charge in [0.15, 0.2) is 0 Å². The van der Waals surface area contributed by atoms with Gasteiger partial charge in [0, 0.05) is 43.2 Å². The summed E-state index contributed by atoms with van der Waals surface area (Å²) in [6, 6.07) is 30.7. The van der Waals surface area contributed by atoms with Crippen molar-refractivity contribution in [2.75, 3.05) is 17.4 Å². The summed E-state index contributed by atoms with van der Waals surface area (Å²) < 4.78 is 29.3. The lowest BCUT2D eigenvalue weighted by molar-refractivity contribution is 0.0955. The summed E-state index contributed by atoms with van der Waals surface area (Å²) in [4.78, 5) is 16.0. The van der Waals surface area contributed by atoms with Gasteiger partial charge < -0.3 is 0 Å². The minimum absolute atomic E-state index is 0.0173. The second kappa shape index (κ2) is 13.3. The number of carbonyl (C=O) groups is 1. The van der Waals surface area contributed by atoms with Gasteiger partial charge in [0.1, 0.15) is 0 Å². The van der Waals surface area contributed by atoms with E-state index in [1.165, 1.54) is 9.87 Å². The molecule has 0 spiro atoms. The van der Waals surface area contributed by atoms with Crippen molar-refractivity contribution < 1.29 is 13.2 Å². The van der Waals surface area contributed by atoms with Crippen molar-refractivity contribution >= 4 is 38.9 Å². The maximum Gasteiger partial charge on any atom is 0.273 e. The van der Waals surface area contributed by atoms with Crippen LogP contribution in [-0.2, 0) is 23.1 Å². The molecule has 216 valence electrons. The molecule has 1 saturated heterocycles. The van der Waals surface area contributed by atoms with E-state index in [2.05, 4.69) is 27.6 Å². The van der Waals surface area contributed by atoms with Crippen molar-refractivity contribution in [2.45, 2.75) is 37.8 Å². The number of benzene rings is 4. The smallest absolute Gasteiger partial charge is 0.273 e. The van der Waals surface area contributed by atoms with E-state index in [1.807, 2.05) is 25.1 Å². The molecular formula is C33H33ClN4O3S. The number of nitrogens with zero attached hydrogens (tertiary/aromatic N) is 3. The first kappa shape index (κ1) is 29.5. The Hall–Kier alpha value is -3.98. The molecule has 4 aromatic rings. The van der Waals surface area contributed by atoms with Crippen LogP contribution in [0.15, 0.2) is 113 Å². The lowest BCUT2D eigenvalue weighted by Gasteiger charge is -2.28. The predicted octanol–water partition coefficient (Wildman–Crippen LogP) is 6.43. The molecule has 1 fully saturated rings. The van der Waals surface area contributed by atoms with Crippen LogP contribution in [0.1, 0.15) is 39.9 Å². The molecule has 1 aliphatic heterocycles. The normalized spacial score (nSPS) is 13.9. The lowest BCUT2D eigenvalue weighted by atomic mass is 10.1. The van der Waals surface area contributed by atoms with E-state index < -0.39 is 15.9 Å². The largest absolute Gasteiger partial charge is 0.298 e. The first-order chi connectivity index (χ1) is 20.3. The molecule has 0 unspecified atom stereocenters. The van der Waals surface area contributed by atoms with Crippen LogP contribution in [-0.4, -0.2) is 38.0 Å². The van der Waals surface area contributed by atoms with Crippen LogP contribution < -0.4 is 9.73 Å². The Bertz CT molecular complexity index is 1650. The standard InChI is InChI=1S/C33H33ClN4O3S/c1-25-11-17-30(18-12-25)42(40,41)38(24-27-13-15-28(34)16-14-27)32-10-6-5-9-31(32)33(39)36-35-29-19-21-37(22-20-29)23-26-7-3-2-4-8-26/h2-18H,19-24H2,1H3,(H,36,39). The molecule has 0 atom stereocenters. The number of sulfonamides is 1. The third-order valence-corrected chi connectivity index (χ3v) is 9.29. The molecule has 7 nitrogen and oxygen atoms in total. The van der Waals surface area contributed by atoms with E-state index in [4.69, 9.17) is 11.6 Å². The number of likely N-dealkylation sites (tertiary alicyclic amines) is 1. The molecule has 5 rings (SSSR count). The SMILES string of the molecule is Cc1ccc(S(=O)(=O)N(Cc2ccc(Cl)cc2)c2ccccc2C(=O)NN=C2CCN(Cc3ccccc3)CC2)cc1. The van der Waals surface area contributed by atoms with Gasteiger partial charge in [-0.05, 0) is 54.4 Å². The van der Waals surface area contributed by atoms with Crippen molar-refractivity contribution in [1.29, 1.82) is 0 Å². The van der Waals surface area contributed by atoms with Gasteiger partial charge in [-0.3, -0.25) is 14.0 Å². The molecular weight excluding hydrogens is 568 g/mol. The Morgan fingerprint density at radius 3 is 2.19 bits per heavy atom. The van der Waals surface area contributed by atoms with Gasteiger partial charge in [-0.2, -0.15) is 5.10 Å². The predicted molar refractivity (Wildman–Crippen MR) is 168 cm³/mol. The van der Waals surface area contributed by atoms with Crippen LogP contribution in [0.4, 0.5) is 5.69 Å². The molecule has 4 aromatic carbocycles. The quantitative estimate of drug-likeness (QED) is 0.225. The molecule has 1 aliphatic rings. The number of rotatable bonds is 9. The van der Waals surface area contributed by atoms with Gasteiger partial charge in [0.05, 0.1) is 22.7 Å². The highest BCUT2D eigenvalue weighted by molar-refractivity contribution is 7.92.